The predicted octanol–water partition coefficient (Wildman–Crippen LogP) is 3.13. The molecule has 2 saturated carbocycles. The molecule has 2 rings (SSSR count). The van der Waals surface area contributed by atoms with Crippen LogP contribution in [0.15, 0.2) is 0 Å². The van der Waals surface area contributed by atoms with Gasteiger partial charge in [0.2, 0.25) is 0 Å². The van der Waals surface area contributed by atoms with E-state index in [1.165, 1.54) is 25.7 Å². The van der Waals surface area contributed by atoms with Crippen LogP contribution >= 0.6 is 0 Å². The minimum Gasteiger partial charge on any atom is -0.674 e. The Morgan fingerprint density at radius 1 is 1.00 bits per heavy atom. The van der Waals surface area contributed by atoms with Crippen LogP contribution in [0.3, 0.4) is 0 Å². The van der Waals surface area contributed by atoms with Gasteiger partial charge in [0, 0.05) is 0 Å². The minimum atomic E-state index is 0. The van der Waals surface area contributed by atoms with Crippen molar-refractivity contribution in [3.63, 3.8) is 0 Å². The Morgan fingerprint density at radius 2 is 1.64 bits per heavy atom. The molecule has 2 fully saturated rings. The van der Waals surface area contributed by atoms with Gasteiger partial charge in [-0.05, 0) is 12.3 Å². The number of nitrogens with one attached hydrogen (secondary N) is 1. The van der Waals surface area contributed by atoms with Crippen molar-refractivity contribution in [2.75, 3.05) is 0 Å². The zero-order valence-electron chi connectivity index (χ0n) is 7.56. The van der Waals surface area contributed by atoms with Crippen molar-refractivity contribution >= 4 is 0 Å². The number of rotatable bonds is 0. The van der Waals surface area contributed by atoms with Crippen molar-refractivity contribution in [1.82, 2.24) is 0 Å². The van der Waals surface area contributed by atoms with E-state index in [9.17, 15) is 0 Å². The predicted molar refractivity (Wildman–Crippen MR) is 46.4 cm³/mol. The normalized spacial score (nSPS) is 38.5. The fourth-order valence-electron chi connectivity index (χ4n) is 2.24. The Hall–Kier alpha value is 0.674. The maximum absolute atomic E-state index is 7.52. The fraction of sp³-hybridized carbons (Fsp3) is 0.778. The average molecular weight is 188 g/mol. The zero-order chi connectivity index (χ0) is 5.56. The number of fused-ring (bicyclic) bond motifs is 2. The van der Waals surface area contributed by atoms with Gasteiger partial charge in [-0.1, -0.05) is 25.2 Å². The van der Waals surface area contributed by atoms with Crippen LogP contribution in [0, 0.1) is 26.7 Å². The zero-order valence-corrected chi connectivity index (χ0v) is 9.12. The first-order chi connectivity index (χ1) is 3.86. The molecule has 0 amide bonds. The van der Waals surface area contributed by atoms with E-state index in [4.69, 9.17) is 5.73 Å². The second kappa shape index (κ2) is 5.34. The van der Waals surface area contributed by atoms with Gasteiger partial charge in [-0.3, -0.25) is 0 Å². The van der Waals surface area contributed by atoms with Crippen molar-refractivity contribution in [2.45, 2.75) is 31.7 Å². The minimum absolute atomic E-state index is 0. The molecular formula is C9H18NTi. The van der Waals surface area contributed by atoms with Gasteiger partial charge in [-0.15, -0.1) is 6.04 Å². The fourth-order valence-corrected chi connectivity index (χ4v) is 2.24. The van der Waals surface area contributed by atoms with E-state index in [1.807, 2.05) is 0 Å². The maximum atomic E-state index is 7.52. The van der Waals surface area contributed by atoms with Gasteiger partial charge in [0.15, 0.2) is 0 Å². The first-order valence-electron chi connectivity index (χ1n) is 3.57. The number of hydrogen-bond donors (Lipinski definition) is 0. The molecule has 1 nitrogen and oxygen atoms in total. The SMILES string of the molecule is [CH3-].[CH3-].[NH-]C1CC2CCC1C2.[Ti+3]. The molecule has 0 aromatic heterocycles. The quantitative estimate of drug-likeness (QED) is 0.412. The molecular weight excluding hydrogens is 170 g/mol. The van der Waals surface area contributed by atoms with Crippen LogP contribution in [0.5, 0.6) is 0 Å². The Balaban J connectivity index is 0. The van der Waals surface area contributed by atoms with E-state index in [2.05, 4.69) is 0 Å². The van der Waals surface area contributed by atoms with Crippen molar-refractivity contribution in [2.24, 2.45) is 11.8 Å². The summed E-state index contributed by atoms with van der Waals surface area (Å²) in [5, 5.41) is 0. The molecule has 2 bridgehead atoms. The van der Waals surface area contributed by atoms with E-state index in [0.29, 0.717) is 6.04 Å². The van der Waals surface area contributed by atoms with E-state index < -0.39 is 0 Å². The summed E-state index contributed by atoms with van der Waals surface area (Å²) < 4.78 is 0. The summed E-state index contributed by atoms with van der Waals surface area (Å²) >= 11 is 0. The van der Waals surface area contributed by atoms with Crippen LogP contribution in [0.2, 0.25) is 0 Å². The van der Waals surface area contributed by atoms with Crippen molar-refractivity contribution in [3.05, 3.63) is 20.6 Å². The van der Waals surface area contributed by atoms with E-state index in [0.717, 1.165) is 11.8 Å². The Labute approximate surface area is 86.0 Å². The Morgan fingerprint density at radius 3 is 1.82 bits per heavy atom. The molecule has 0 heterocycles. The summed E-state index contributed by atoms with van der Waals surface area (Å²) in [6.45, 7) is 0. The molecule has 1 radical (unpaired) electrons. The van der Waals surface area contributed by atoms with Crippen LogP contribution in [-0.4, -0.2) is 6.04 Å². The monoisotopic (exact) mass is 188 g/mol. The first-order valence-corrected chi connectivity index (χ1v) is 3.57. The summed E-state index contributed by atoms with van der Waals surface area (Å²) in [4.78, 5) is 0. The molecule has 0 saturated heterocycles. The van der Waals surface area contributed by atoms with Crippen molar-refractivity contribution in [3.8, 4) is 0 Å². The molecule has 2 aliphatic rings. The second-order valence-electron chi connectivity index (χ2n) is 3.28. The largest absolute Gasteiger partial charge is 3.00 e. The van der Waals surface area contributed by atoms with Gasteiger partial charge in [-0.2, -0.15) is 0 Å². The van der Waals surface area contributed by atoms with Crippen LogP contribution in [0.1, 0.15) is 25.7 Å². The van der Waals surface area contributed by atoms with Crippen LogP contribution in [0.25, 0.3) is 5.73 Å². The summed E-state index contributed by atoms with van der Waals surface area (Å²) in [6, 6.07) is 0.328. The summed E-state index contributed by atoms with van der Waals surface area (Å²) in [5.74, 6) is 1.77. The summed E-state index contributed by atoms with van der Waals surface area (Å²) in [7, 11) is 0. The van der Waals surface area contributed by atoms with E-state index in [1.54, 1.807) is 0 Å². The third kappa shape index (κ3) is 2.57. The molecule has 63 valence electrons. The topological polar surface area (TPSA) is 23.8 Å². The average Bonchev–Trinajstić information content (AvgIpc) is 2.23. The number of hydrogen-bond acceptors (Lipinski definition) is 0. The third-order valence-corrected chi connectivity index (χ3v) is 2.74. The molecule has 3 atom stereocenters. The Bertz CT molecular complexity index is 104. The van der Waals surface area contributed by atoms with Gasteiger partial charge in [0.25, 0.3) is 0 Å². The molecule has 0 aromatic rings. The van der Waals surface area contributed by atoms with Crippen molar-refractivity contribution in [1.29, 1.82) is 0 Å². The van der Waals surface area contributed by atoms with Gasteiger partial charge in [-0.25, -0.2) is 0 Å². The smallest absolute Gasteiger partial charge is 0.674 e. The maximum Gasteiger partial charge on any atom is 3.00 e. The molecule has 1 N–H and O–H groups in total. The standard InChI is InChI=1S/C7H12N.2CH3.Ti/c8-7-4-5-1-2-6(7)3-5;;;/h5-8H,1-4H2;2*1H3;/q3*-1;+3. The van der Waals surface area contributed by atoms with Crippen LogP contribution in [-0.2, 0) is 21.7 Å². The van der Waals surface area contributed by atoms with E-state index >= 15 is 0 Å². The molecule has 11 heavy (non-hydrogen) atoms. The molecule has 0 spiro atoms. The van der Waals surface area contributed by atoms with E-state index in [-0.39, 0.29) is 36.6 Å². The van der Waals surface area contributed by atoms with Crippen molar-refractivity contribution < 1.29 is 21.7 Å². The summed E-state index contributed by atoms with van der Waals surface area (Å²) in [6.07, 6.45) is 5.39. The molecule has 0 aromatic carbocycles. The molecule has 3 unspecified atom stereocenters. The molecule has 2 heteroatoms. The van der Waals surface area contributed by atoms with Crippen LogP contribution in [0.4, 0.5) is 0 Å². The molecule has 2 aliphatic carbocycles. The molecule has 0 aliphatic heterocycles. The third-order valence-electron chi connectivity index (χ3n) is 2.74. The Kier molecular flexibility index (Phi) is 6.90. The van der Waals surface area contributed by atoms with Crippen LogP contribution < -0.4 is 0 Å². The van der Waals surface area contributed by atoms with Gasteiger partial charge in [0.05, 0.1) is 0 Å². The second-order valence-corrected chi connectivity index (χ2v) is 3.28. The first kappa shape index (κ1) is 14.2. The summed E-state index contributed by atoms with van der Waals surface area (Å²) in [5.41, 5.74) is 7.52. The van der Waals surface area contributed by atoms with Gasteiger partial charge in [0.1, 0.15) is 0 Å². The van der Waals surface area contributed by atoms with Gasteiger partial charge >= 0.3 is 21.7 Å². The van der Waals surface area contributed by atoms with Gasteiger partial charge < -0.3 is 20.6 Å².